The Bertz CT molecular complexity index is 3920. The molecule has 0 heterocycles. The molecular formula is C70H49N. The Balaban J connectivity index is 1.04. The maximum atomic E-state index is 2.49. The summed E-state index contributed by atoms with van der Waals surface area (Å²) in [6.07, 6.45) is 0. The fraction of sp³-hybridized carbons (Fsp3) is 0.0286. The van der Waals surface area contributed by atoms with Gasteiger partial charge in [0, 0.05) is 22.4 Å². The topological polar surface area (TPSA) is 3.24 Å². The van der Waals surface area contributed by atoms with Crippen LogP contribution in [0.5, 0.6) is 0 Å². The first kappa shape index (κ1) is 42.1. The summed E-state index contributed by atoms with van der Waals surface area (Å²) in [7, 11) is 0. The standard InChI is InChI=1S/C70H49N/c1-70(55-31-15-6-16-32-55)65-37-20-19-35-60(65)63-47-57(40-42-66(63)70)71(67-43-39-53(48-22-7-2-8-23-48)45-62(67)49-24-9-3-10-25-49)56-33-21-30-52(44-56)54-38-41-59-58-34-17-18-36-61(58)68(50-26-11-4-12-27-50)69(64(59)46-54)51-28-13-5-14-29-51/h2-47H,1H3. The van der Waals surface area contributed by atoms with Crippen LogP contribution in [-0.4, -0.2) is 0 Å². The van der Waals surface area contributed by atoms with Gasteiger partial charge in [-0.25, -0.2) is 0 Å². The molecule has 334 valence electrons. The van der Waals surface area contributed by atoms with Crippen molar-refractivity contribution in [3.63, 3.8) is 0 Å². The Morgan fingerprint density at radius 3 is 1.46 bits per heavy atom. The summed E-state index contributed by atoms with van der Waals surface area (Å²) in [6.45, 7) is 2.39. The normalized spacial score (nSPS) is 13.8. The number of anilines is 3. The minimum absolute atomic E-state index is 0.302. The van der Waals surface area contributed by atoms with Crippen LogP contribution >= 0.6 is 0 Å². The van der Waals surface area contributed by atoms with E-state index in [0.717, 1.165) is 39.3 Å². The Morgan fingerprint density at radius 2 is 0.761 bits per heavy atom. The summed E-state index contributed by atoms with van der Waals surface area (Å²) in [5.74, 6) is 0. The van der Waals surface area contributed by atoms with Crippen molar-refractivity contribution >= 4 is 38.6 Å². The van der Waals surface area contributed by atoms with Crippen LogP contribution in [0.1, 0.15) is 23.6 Å². The second-order valence-electron chi connectivity index (χ2n) is 18.9. The molecule has 12 aromatic rings. The van der Waals surface area contributed by atoms with E-state index in [1.54, 1.807) is 0 Å². The van der Waals surface area contributed by atoms with Gasteiger partial charge < -0.3 is 4.90 Å². The Labute approximate surface area is 416 Å². The highest BCUT2D eigenvalue weighted by atomic mass is 15.1. The molecular weight excluding hydrogens is 855 g/mol. The lowest BCUT2D eigenvalue weighted by molar-refractivity contribution is 0.714. The van der Waals surface area contributed by atoms with Crippen molar-refractivity contribution in [3.05, 3.63) is 296 Å². The summed E-state index contributed by atoms with van der Waals surface area (Å²) in [6, 6.07) is 103. The van der Waals surface area contributed by atoms with Crippen LogP contribution in [0.3, 0.4) is 0 Å². The number of hydrogen-bond donors (Lipinski definition) is 0. The number of nitrogens with zero attached hydrogens (tertiary/aromatic N) is 1. The fourth-order valence-electron chi connectivity index (χ4n) is 11.5. The SMILES string of the molecule is CC1(c2ccccc2)c2ccccc2-c2cc(N(c3cccc(-c4ccc5c(c4)c(-c4ccccc4)c(-c4ccccc4)c4ccccc45)c3)c3ccc(-c4ccccc4)cc3-c3ccccc3)ccc21. The summed E-state index contributed by atoms with van der Waals surface area (Å²) in [5, 5.41) is 4.98. The average molecular weight is 904 g/mol. The van der Waals surface area contributed by atoms with E-state index in [2.05, 4.69) is 291 Å². The molecule has 0 saturated heterocycles. The molecule has 0 radical (unpaired) electrons. The maximum Gasteiger partial charge on any atom is 0.0540 e. The van der Waals surface area contributed by atoms with Gasteiger partial charge in [-0.15, -0.1) is 0 Å². The van der Waals surface area contributed by atoms with Crippen LogP contribution in [0.15, 0.2) is 279 Å². The minimum Gasteiger partial charge on any atom is -0.310 e. The zero-order valence-corrected chi connectivity index (χ0v) is 39.5. The predicted molar refractivity (Wildman–Crippen MR) is 301 cm³/mol. The molecule has 71 heavy (non-hydrogen) atoms. The van der Waals surface area contributed by atoms with Crippen LogP contribution in [-0.2, 0) is 5.41 Å². The third kappa shape index (κ3) is 7.17. The lowest BCUT2D eigenvalue weighted by Crippen LogP contribution is -2.22. The van der Waals surface area contributed by atoms with Gasteiger partial charge in [0.15, 0.2) is 0 Å². The monoisotopic (exact) mass is 903 g/mol. The van der Waals surface area contributed by atoms with Crippen LogP contribution in [0.2, 0.25) is 0 Å². The molecule has 0 aliphatic heterocycles. The molecule has 0 amide bonds. The smallest absolute Gasteiger partial charge is 0.0540 e. The van der Waals surface area contributed by atoms with Crippen LogP contribution < -0.4 is 4.90 Å². The van der Waals surface area contributed by atoms with Gasteiger partial charge in [0.05, 0.1) is 5.69 Å². The van der Waals surface area contributed by atoms with E-state index in [1.165, 1.54) is 82.7 Å². The molecule has 0 saturated carbocycles. The molecule has 1 nitrogen and oxygen atoms in total. The van der Waals surface area contributed by atoms with E-state index in [9.17, 15) is 0 Å². The van der Waals surface area contributed by atoms with E-state index in [0.29, 0.717) is 0 Å². The lowest BCUT2D eigenvalue weighted by atomic mass is 9.74. The lowest BCUT2D eigenvalue weighted by Gasteiger charge is -2.31. The molecule has 0 N–H and O–H groups in total. The third-order valence-electron chi connectivity index (χ3n) is 14.9. The number of benzene rings is 12. The van der Waals surface area contributed by atoms with E-state index in [-0.39, 0.29) is 5.41 Å². The molecule has 0 spiro atoms. The molecule has 1 atom stereocenters. The number of fused-ring (bicyclic) bond motifs is 6. The number of rotatable bonds is 9. The van der Waals surface area contributed by atoms with Crippen molar-refractivity contribution in [1.82, 2.24) is 0 Å². The average Bonchev–Trinajstić information content (AvgIpc) is 3.71. The van der Waals surface area contributed by atoms with E-state index < -0.39 is 0 Å². The molecule has 1 aliphatic carbocycles. The Morgan fingerprint density at radius 1 is 0.268 bits per heavy atom. The highest BCUT2D eigenvalue weighted by molar-refractivity contribution is 6.22. The van der Waals surface area contributed by atoms with Crippen molar-refractivity contribution in [2.24, 2.45) is 0 Å². The van der Waals surface area contributed by atoms with Crippen molar-refractivity contribution in [3.8, 4) is 66.8 Å². The van der Waals surface area contributed by atoms with Crippen molar-refractivity contribution < 1.29 is 0 Å². The maximum absolute atomic E-state index is 2.49. The molecule has 0 bridgehead atoms. The Hall–Kier alpha value is -9.04. The van der Waals surface area contributed by atoms with Gasteiger partial charge in [-0.3, -0.25) is 0 Å². The highest BCUT2D eigenvalue weighted by Gasteiger charge is 2.41. The van der Waals surface area contributed by atoms with Gasteiger partial charge in [-0.1, -0.05) is 237 Å². The van der Waals surface area contributed by atoms with Gasteiger partial charge in [-0.2, -0.15) is 0 Å². The summed E-state index contributed by atoms with van der Waals surface area (Å²) in [4.78, 5) is 2.49. The van der Waals surface area contributed by atoms with Crippen molar-refractivity contribution in [2.75, 3.05) is 4.90 Å². The molecule has 12 aromatic carbocycles. The van der Waals surface area contributed by atoms with E-state index in [4.69, 9.17) is 0 Å². The zero-order chi connectivity index (χ0) is 47.3. The van der Waals surface area contributed by atoms with Gasteiger partial charge >= 0.3 is 0 Å². The van der Waals surface area contributed by atoms with Crippen molar-refractivity contribution in [1.29, 1.82) is 0 Å². The fourth-order valence-corrected chi connectivity index (χ4v) is 11.5. The molecule has 1 aliphatic rings. The quantitative estimate of drug-likeness (QED) is 0.130. The third-order valence-corrected chi connectivity index (χ3v) is 14.9. The highest BCUT2D eigenvalue weighted by Crippen LogP contribution is 2.55. The van der Waals surface area contributed by atoms with Crippen LogP contribution in [0, 0.1) is 0 Å². The predicted octanol–water partition coefficient (Wildman–Crippen LogP) is 19.1. The van der Waals surface area contributed by atoms with Gasteiger partial charge in [0.2, 0.25) is 0 Å². The van der Waals surface area contributed by atoms with Gasteiger partial charge in [0.1, 0.15) is 0 Å². The first-order chi connectivity index (χ1) is 35.1. The van der Waals surface area contributed by atoms with Crippen LogP contribution in [0.25, 0.3) is 88.3 Å². The molecule has 1 unspecified atom stereocenters. The molecule has 1 heteroatoms. The second kappa shape index (κ2) is 17.5. The molecule has 0 fully saturated rings. The van der Waals surface area contributed by atoms with E-state index >= 15 is 0 Å². The van der Waals surface area contributed by atoms with Crippen LogP contribution in [0.4, 0.5) is 17.1 Å². The second-order valence-corrected chi connectivity index (χ2v) is 18.9. The summed E-state index contributed by atoms with van der Waals surface area (Å²) >= 11 is 0. The molecule has 13 rings (SSSR count). The van der Waals surface area contributed by atoms with E-state index in [1.807, 2.05) is 0 Å². The number of hydrogen-bond acceptors (Lipinski definition) is 1. The molecule has 0 aromatic heterocycles. The summed E-state index contributed by atoms with van der Waals surface area (Å²) < 4.78 is 0. The summed E-state index contributed by atoms with van der Waals surface area (Å²) in [5.41, 5.74) is 21.4. The van der Waals surface area contributed by atoms with Gasteiger partial charge in [-0.05, 0) is 149 Å². The minimum atomic E-state index is -0.302. The first-order valence-corrected chi connectivity index (χ1v) is 24.7. The van der Waals surface area contributed by atoms with Crippen molar-refractivity contribution in [2.45, 2.75) is 12.3 Å². The Kier molecular flexibility index (Phi) is 10.4. The zero-order valence-electron chi connectivity index (χ0n) is 39.5. The van der Waals surface area contributed by atoms with Gasteiger partial charge in [0.25, 0.3) is 0 Å². The largest absolute Gasteiger partial charge is 0.310 e. The first-order valence-electron chi connectivity index (χ1n) is 24.7.